The average molecular weight is 485 g/mol. The molecule has 1 N–H and O–H groups in total. The van der Waals surface area contributed by atoms with Gasteiger partial charge in [-0.3, -0.25) is 9.59 Å². The molecular formula is C25H32N4O2S2. The fraction of sp³-hybridized carbons (Fsp3) is 0.480. The SMILES string of the molecule is CN(C)CC(C)(C)CNC(=O)C1CCN(C(=O)c2ccc(-c3nc4ccccc4s3)s2)CC1. The second-order valence-electron chi connectivity index (χ2n) is 9.84. The fourth-order valence-electron chi connectivity index (χ4n) is 4.43. The highest BCUT2D eigenvalue weighted by atomic mass is 32.1. The number of hydrogen-bond acceptors (Lipinski definition) is 6. The van der Waals surface area contributed by atoms with Crippen molar-refractivity contribution in [2.24, 2.45) is 11.3 Å². The van der Waals surface area contributed by atoms with Crippen LogP contribution in [0.4, 0.5) is 0 Å². The zero-order chi connectivity index (χ0) is 23.6. The molecule has 1 aromatic carbocycles. The van der Waals surface area contributed by atoms with E-state index in [0.29, 0.717) is 32.5 Å². The summed E-state index contributed by atoms with van der Waals surface area (Å²) in [6, 6.07) is 12.0. The second-order valence-corrected chi connectivity index (χ2v) is 12.0. The van der Waals surface area contributed by atoms with Crippen molar-refractivity contribution in [2.45, 2.75) is 26.7 Å². The molecule has 8 heteroatoms. The Morgan fingerprint density at radius 3 is 2.55 bits per heavy atom. The van der Waals surface area contributed by atoms with Gasteiger partial charge in [0.15, 0.2) is 0 Å². The summed E-state index contributed by atoms with van der Waals surface area (Å²) in [6.45, 7) is 7.14. The van der Waals surface area contributed by atoms with Crippen LogP contribution in [0.5, 0.6) is 0 Å². The molecule has 0 atom stereocenters. The molecule has 2 aromatic heterocycles. The summed E-state index contributed by atoms with van der Waals surface area (Å²) >= 11 is 3.15. The van der Waals surface area contributed by atoms with Gasteiger partial charge in [0.05, 0.1) is 20.0 Å². The van der Waals surface area contributed by atoms with E-state index in [9.17, 15) is 9.59 Å². The molecule has 2 amide bonds. The number of nitrogens with zero attached hydrogens (tertiary/aromatic N) is 3. The average Bonchev–Trinajstić information content (AvgIpc) is 3.43. The van der Waals surface area contributed by atoms with Crippen LogP contribution in [-0.4, -0.2) is 66.9 Å². The standard InChI is InChI=1S/C25H32N4O2S2/c1-25(2,16-28(3)4)15-26-22(30)17-11-13-29(14-12-17)24(31)21-10-9-20(32-21)23-27-18-7-5-6-8-19(18)33-23/h5-10,17H,11-16H2,1-4H3,(H,26,30). The Bertz CT molecular complexity index is 1090. The Morgan fingerprint density at radius 2 is 1.85 bits per heavy atom. The number of thiazole rings is 1. The molecule has 3 heterocycles. The molecule has 0 saturated carbocycles. The summed E-state index contributed by atoms with van der Waals surface area (Å²) < 4.78 is 1.15. The number of rotatable bonds is 7. The molecule has 1 aliphatic heterocycles. The van der Waals surface area contributed by atoms with E-state index in [1.165, 1.54) is 11.3 Å². The third-order valence-corrected chi connectivity index (χ3v) is 8.24. The van der Waals surface area contributed by atoms with Crippen molar-refractivity contribution < 1.29 is 9.59 Å². The molecule has 6 nitrogen and oxygen atoms in total. The lowest BCUT2D eigenvalue weighted by molar-refractivity contribution is -0.126. The quantitative estimate of drug-likeness (QED) is 0.533. The Balaban J connectivity index is 1.31. The first-order chi connectivity index (χ1) is 15.7. The lowest BCUT2D eigenvalue weighted by atomic mass is 9.91. The van der Waals surface area contributed by atoms with Gasteiger partial charge in [0.25, 0.3) is 5.91 Å². The molecule has 1 fully saturated rings. The molecule has 1 saturated heterocycles. The topological polar surface area (TPSA) is 65.5 Å². The zero-order valence-electron chi connectivity index (χ0n) is 19.8. The van der Waals surface area contributed by atoms with Crippen LogP contribution in [0, 0.1) is 11.3 Å². The van der Waals surface area contributed by atoms with E-state index in [2.05, 4.69) is 30.1 Å². The van der Waals surface area contributed by atoms with Gasteiger partial charge in [-0.15, -0.1) is 22.7 Å². The minimum absolute atomic E-state index is 0.0224. The minimum Gasteiger partial charge on any atom is -0.355 e. The number of carbonyl (C=O) groups excluding carboxylic acids is 2. The summed E-state index contributed by atoms with van der Waals surface area (Å²) in [5.41, 5.74) is 1.01. The molecule has 0 bridgehead atoms. The van der Waals surface area contributed by atoms with Crippen LogP contribution in [0.2, 0.25) is 0 Å². The largest absolute Gasteiger partial charge is 0.355 e. The van der Waals surface area contributed by atoms with E-state index >= 15 is 0 Å². The van der Waals surface area contributed by atoms with Gasteiger partial charge in [0, 0.05) is 32.1 Å². The number of piperidine rings is 1. The molecular weight excluding hydrogens is 452 g/mol. The smallest absolute Gasteiger partial charge is 0.263 e. The highest BCUT2D eigenvalue weighted by Gasteiger charge is 2.29. The van der Waals surface area contributed by atoms with Crippen molar-refractivity contribution in [1.29, 1.82) is 0 Å². The predicted molar refractivity (Wildman–Crippen MR) is 137 cm³/mol. The third kappa shape index (κ3) is 5.80. The number of aromatic nitrogens is 1. The molecule has 0 aliphatic carbocycles. The maximum Gasteiger partial charge on any atom is 0.263 e. The Morgan fingerprint density at radius 1 is 1.12 bits per heavy atom. The van der Waals surface area contributed by atoms with Gasteiger partial charge in [0.2, 0.25) is 5.91 Å². The molecule has 33 heavy (non-hydrogen) atoms. The molecule has 0 spiro atoms. The van der Waals surface area contributed by atoms with Crippen LogP contribution in [-0.2, 0) is 4.79 Å². The van der Waals surface area contributed by atoms with Gasteiger partial charge in [-0.05, 0) is 56.6 Å². The van der Waals surface area contributed by atoms with Gasteiger partial charge in [-0.1, -0.05) is 26.0 Å². The van der Waals surface area contributed by atoms with Gasteiger partial charge in [0.1, 0.15) is 5.01 Å². The van der Waals surface area contributed by atoms with Crippen LogP contribution < -0.4 is 5.32 Å². The van der Waals surface area contributed by atoms with Crippen molar-refractivity contribution in [3.05, 3.63) is 41.3 Å². The number of para-hydroxylation sites is 1. The van der Waals surface area contributed by atoms with E-state index in [1.54, 1.807) is 11.3 Å². The number of amides is 2. The summed E-state index contributed by atoms with van der Waals surface area (Å²) in [5.74, 6) is 0.146. The van der Waals surface area contributed by atoms with Gasteiger partial charge >= 0.3 is 0 Å². The number of thiophene rings is 1. The van der Waals surface area contributed by atoms with Crippen LogP contribution in [0.15, 0.2) is 36.4 Å². The van der Waals surface area contributed by atoms with E-state index in [1.807, 2.05) is 49.3 Å². The van der Waals surface area contributed by atoms with Crippen LogP contribution in [0.1, 0.15) is 36.4 Å². The zero-order valence-corrected chi connectivity index (χ0v) is 21.4. The Hall–Kier alpha value is -2.29. The third-order valence-electron chi connectivity index (χ3n) is 5.96. The normalized spacial score (nSPS) is 15.4. The highest BCUT2D eigenvalue weighted by molar-refractivity contribution is 7.26. The molecule has 176 valence electrons. The Labute approximate surface area is 203 Å². The van der Waals surface area contributed by atoms with E-state index in [-0.39, 0.29) is 23.1 Å². The van der Waals surface area contributed by atoms with Crippen molar-refractivity contribution in [3.8, 4) is 9.88 Å². The number of carbonyl (C=O) groups is 2. The van der Waals surface area contributed by atoms with E-state index in [0.717, 1.165) is 31.5 Å². The van der Waals surface area contributed by atoms with Crippen molar-refractivity contribution in [1.82, 2.24) is 20.1 Å². The molecule has 0 unspecified atom stereocenters. The second kappa shape index (κ2) is 9.91. The molecule has 0 radical (unpaired) electrons. The predicted octanol–water partition coefficient (Wildman–Crippen LogP) is 4.58. The maximum absolute atomic E-state index is 13.1. The fourth-order valence-corrected chi connectivity index (χ4v) is 6.42. The lowest BCUT2D eigenvalue weighted by Gasteiger charge is -2.33. The number of nitrogens with one attached hydrogen (secondary N) is 1. The molecule has 1 aliphatic rings. The Kier molecular flexibility index (Phi) is 7.16. The van der Waals surface area contributed by atoms with E-state index in [4.69, 9.17) is 4.98 Å². The van der Waals surface area contributed by atoms with E-state index < -0.39 is 0 Å². The van der Waals surface area contributed by atoms with Gasteiger partial charge < -0.3 is 15.1 Å². The molecule has 4 rings (SSSR count). The van der Waals surface area contributed by atoms with Crippen molar-refractivity contribution >= 4 is 44.7 Å². The summed E-state index contributed by atoms with van der Waals surface area (Å²) in [6.07, 6.45) is 1.42. The number of hydrogen-bond donors (Lipinski definition) is 1. The first-order valence-electron chi connectivity index (χ1n) is 11.4. The molecule has 3 aromatic rings. The van der Waals surface area contributed by atoms with Gasteiger partial charge in [-0.25, -0.2) is 4.98 Å². The summed E-state index contributed by atoms with van der Waals surface area (Å²) in [4.78, 5) is 36.2. The first-order valence-corrected chi connectivity index (χ1v) is 13.0. The monoisotopic (exact) mass is 484 g/mol. The maximum atomic E-state index is 13.1. The number of fused-ring (bicyclic) bond motifs is 1. The number of benzene rings is 1. The van der Waals surface area contributed by atoms with Crippen LogP contribution >= 0.6 is 22.7 Å². The van der Waals surface area contributed by atoms with Gasteiger partial charge in [-0.2, -0.15) is 0 Å². The minimum atomic E-state index is -0.0224. The first kappa shape index (κ1) is 23.9. The van der Waals surface area contributed by atoms with Crippen LogP contribution in [0.3, 0.4) is 0 Å². The highest BCUT2D eigenvalue weighted by Crippen LogP contribution is 2.35. The van der Waals surface area contributed by atoms with Crippen molar-refractivity contribution in [3.63, 3.8) is 0 Å². The van der Waals surface area contributed by atoms with Crippen molar-refractivity contribution in [2.75, 3.05) is 40.3 Å². The number of likely N-dealkylation sites (tertiary alicyclic amines) is 1. The summed E-state index contributed by atoms with van der Waals surface area (Å²) in [5, 5.41) is 4.09. The lowest BCUT2D eigenvalue weighted by Crippen LogP contribution is -2.45. The summed E-state index contributed by atoms with van der Waals surface area (Å²) in [7, 11) is 4.09. The van der Waals surface area contributed by atoms with Crippen LogP contribution in [0.25, 0.3) is 20.1 Å².